The molecule has 0 aliphatic carbocycles. The van der Waals surface area contributed by atoms with Crippen LogP contribution < -0.4 is 5.43 Å². The number of benzene rings is 2. The number of aromatic nitrogens is 4. The molecule has 0 aliphatic rings. The maximum atomic E-state index is 12.9. The largest absolute Gasteiger partial charge is 0.279 e. The van der Waals surface area contributed by atoms with Gasteiger partial charge in [0.25, 0.3) is 0 Å². The smallest absolute Gasteiger partial charge is 0.162 e. The highest BCUT2D eigenvalue weighted by Gasteiger charge is 2.06. The number of nitrogens with one attached hydrogen (secondary N) is 1. The zero-order valence-electron chi connectivity index (χ0n) is 11.9. The fourth-order valence-electron chi connectivity index (χ4n) is 1.89. The van der Waals surface area contributed by atoms with E-state index in [4.69, 9.17) is 0 Å². The van der Waals surface area contributed by atoms with Gasteiger partial charge in [-0.1, -0.05) is 0 Å². The minimum absolute atomic E-state index is 0.307. The minimum Gasteiger partial charge on any atom is -0.279 e. The van der Waals surface area contributed by atoms with Crippen LogP contribution in [0, 0.1) is 11.6 Å². The summed E-state index contributed by atoms with van der Waals surface area (Å²) in [5, 5.41) is 15.4. The van der Waals surface area contributed by atoms with E-state index in [0.717, 1.165) is 0 Å². The quantitative estimate of drug-likeness (QED) is 0.580. The number of anilines is 1. The van der Waals surface area contributed by atoms with Gasteiger partial charge in [0.15, 0.2) is 5.82 Å². The Kier molecular flexibility index (Phi) is 4.32. The molecule has 0 fully saturated rings. The Balaban J connectivity index is 1.65. The van der Waals surface area contributed by atoms with Crippen LogP contribution in [-0.4, -0.2) is 26.4 Å². The first-order chi connectivity index (χ1) is 11.2. The first-order valence-electron chi connectivity index (χ1n) is 6.79. The molecule has 0 aliphatic heterocycles. The van der Waals surface area contributed by atoms with Gasteiger partial charge in [0, 0.05) is 12.6 Å². The maximum Gasteiger partial charge on any atom is 0.162 e. The van der Waals surface area contributed by atoms with Crippen molar-refractivity contribution in [2.75, 3.05) is 5.43 Å². The zero-order valence-corrected chi connectivity index (χ0v) is 11.9. The molecule has 0 bridgehead atoms. The summed E-state index contributed by atoms with van der Waals surface area (Å²) in [5.41, 5.74) is 4.10. The van der Waals surface area contributed by atoms with Crippen LogP contribution in [0.5, 0.6) is 0 Å². The molecule has 1 heterocycles. The normalized spacial score (nSPS) is 11.0. The number of nitrogens with zero attached hydrogens (tertiary/aromatic N) is 5. The lowest BCUT2D eigenvalue weighted by atomic mass is 10.3. The lowest BCUT2D eigenvalue weighted by Crippen LogP contribution is -2.04. The highest BCUT2D eigenvalue weighted by molar-refractivity contribution is 5.62. The highest BCUT2D eigenvalue weighted by atomic mass is 19.1. The Morgan fingerprint density at radius 3 is 2.35 bits per heavy atom. The van der Waals surface area contributed by atoms with Gasteiger partial charge in [-0.2, -0.15) is 9.78 Å². The Hall–Kier alpha value is -3.16. The van der Waals surface area contributed by atoms with Gasteiger partial charge in [0.1, 0.15) is 11.6 Å². The van der Waals surface area contributed by atoms with Gasteiger partial charge in [-0.05, 0) is 59.0 Å². The summed E-state index contributed by atoms with van der Waals surface area (Å²) in [6, 6.07) is 11.7. The van der Waals surface area contributed by atoms with Crippen molar-refractivity contribution in [3.05, 3.63) is 66.0 Å². The molecule has 3 rings (SSSR count). The average Bonchev–Trinajstić information content (AvgIpc) is 3.02. The predicted octanol–water partition coefficient (Wildman–Crippen LogP) is 2.58. The fraction of sp³-hybridized carbons (Fsp3) is 0.0667. The van der Waals surface area contributed by atoms with Gasteiger partial charge >= 0.3 is 0 Å². The van der Waals surface area contributed by atoms with Crippen LogP contribution >= 0.6 is 0 Å². The van der Waals surface area contributed by atoms with Gasteiger partial charge in [-0.3, -0.25) is 5.43 Å². The standard InChI is InChI=1S/C15H12F2N6/c16-11-1-5-13(6-2-11)19-18-10-9-15-20-21-22-23(15)14-7-3-12(17)4-8-14/h1-8,10,19H,9H2/b18-10-. The van der Waals surface area contributed by atoms with Crippen LogP contribution in [0.3, 0.4) is 0 Å². The molecule has 1 aromatic heterocycles. The molecule has 23 heavy (non-hydrogen) atoms. The molecule has 1 N–H and O–H groups in total. The second kappa shape index (κ2) is 6.73. The zero-order chi connectivity index (χ0) is 16.1. The van der Waals surface area contributed by atoms with Crippen molar-refractivity contribution in [2.45, 2.75) is 6.42 Å². The summed E-state index contributed by atoms with van der Waals surface area (Å²) in [6.45, 7) is 0. The summed E-state index contributed by atoms with van der Waals surface area (Å²) in [6.07, 6.45) is 1.97. The highest BCUT2D eigenvalue weighted by Crippen LogP contribution is 2.10. The number of rotatable bonds is 5. The molecule has 0 amide bonds. The molecule has 0 saturated heterocycles. The third kappa shape index (κ3) is 3.73. The molecule has 0 unspecified atom stereocenters. The summed E-state index contributed by atoms with van der Waals surface area (Å²) < 4.78 is 27.2. The van der Waals surface area contributed by atoms with E-state index in [2.05, 4.69) is 26.1 Å². The van der Waals surface area contributed by atoms with E-state index in [1.165, 1.54) is 28.9 Å². The molecule has 0 spiro atoms. The Labute approximate surface area is 130 Å². The monoisotopic (exact) mass is 314 g/mol. The number of hydrazone groups is 1. The van der Waals surface area contributed by atoms with Crippen molar-refractivity contribution in [3.8, 4) is 5.69 Å². The van der Waals surface area contributed by atoms with Crippen LogP contribution in [0.4, 0.5) is 14.5 Å². The van der Waals surface area contributed by atoms with Crippen LogP contribution in [0.1, 0.15) is 5.82 Å². The molecule has 3 aromatic rings. The van der Waals surface area contributed by atoms with E-state index in [-0.39, 0.29) is 11.6 Å². The molecule has 0 radical (unpaired) electrons. The molecular formula is C15H12F2N6. The molecule has 8 heteroatoms. The van der Waals surface area contributed by atoms with Crippen LogP contribution in [0.25, 0.3) is 5.69 Å². The molecule has 6 nitrogen and oxygen atoms in total. The van der Waals surface area contributed by atoms with E-state index >= 15 is 0 Å². The van der Waals surface area contributed by atoms with Crippen LogP contribution in [-0.2, 0) is 6.42 Å². The Morgan fingerprint density at radius 2 is 1.65 bits per heavy atom. The average molecular weight is 314 g/mol. The van der Waals surface area contributed by atoms with Crippen molar-refractivity contribution in [1.29, 1.82) is 0 Å². The van der Waals surface area contributed by atoms with Crippen LogP contribution in [0.15, 0.2) is 53.6 Å². The van der Waals surface area contributed by atoms with E-state index in [1.54, 1.807) is 30.5 Å². The topological polar surface area (TPSA) is 68.0 Å². The lowest BCUT2D eigenvalue weighted by molar-refractivity contribution is 0.626. The third-order valence-electron chi connectivity index (χ3n) is 3.01. The number of hydrogen-bond donors (Lipinski definition) is 1. The van der Waals surface area contributed by atoms with Gasteiger partial charge < -0.3 is 0 Å². The molecule has 0 atom stereocenters. The first kappa shape index (κ1) is 14.8. The lowest BCUT2D eigenvalue weighted by Gasteiger charge is -2.02. The SMILES string of the molecule is Fc1ccc(N/N=C\Cc2nnnn2-c2ccc(F)cc2)cc1. The van der Waals surface area contributed by atoms with Crippen molar-refractivity contribution < 1.29 is 8.78 Å². The molecule has 0 saturated carbocycles. The van der Waals surface area contributed by atoms with Crippen molar-refractivity contribution >= 4 is 11.9 Å². The van der Waals surface area contributed by atoms with E-state index in [0.29, 0.717) is 23.6 Å². The van der Waals surface area contributed by atoms with Gasteiger partial charge in [0.05, 0.1) is 11.4 Å². The second-order valence-electron chi connectivity index (χ2n) is 4.62. The summed E-state index contributed by atoms with van der Waals surface area (Å²) >= 11 is 0. The molecule has 116 valence electrons. The predicted molar refractivity (Wildman–Crippen MR) is 81.3 cm³/mol. The van der Waals surface area contributed by atoms with Crippen molar-refractivity contribution in [3.63, 3.8) is 0 Å². The third-order valence-corrected chi connectivity index (χ3v) is 3.01. The summed E-state index contributed by atoms with van der Waals surface area (Å²) in [5.74, 6) is -0.0762. The number of halogens is 2. The van der Waals surface area contributed by atoms with Gasteiger partial charge in [-0.15, -0.1) is 5.10 Å². The van der Waals surface area contributed by atoms with Crippen molar-refractivity contribution in [1.82, 2.24) is 20.2 Å². The van der Waals surface area contributed by atoms with E-state index in [9.17, 15) is 8.78 Å². The molecular weight excluding hydrogens is 302 g/mol. The Morgan fingerprint density at radius 1 is 1.00 bits per heavy atom. The number of tetrazole rings is 1. The minimum atomic E-state index is -0.326. The van der Waals surface area contributed by atoms with Gasteiger partial charge in [0.2, 0.25) is 0 Å². The Bertz CT molecular complexity index is 796. The van der Waals surface area contributed by atoms with E-state index in [1.807, 2.05) is 0 Å². The summed E-state index contributed by atoms with van der Waals surface area (Å²) in [7, 11) is 0. The molecule has 2 aromatic carbocycles. The second-order valence-corrected chi connectivity index (χ2v) is 4.62. The van der Waals surface area contributed by atoms with Crippen LogP contribution in [0.2, 0.25) is 0 Å². The van der Waals surface area contributed by atoms with Gasteiger partial charge in [-0.25, -0.2) is 8.78 Å². The number of hydrogen-bond acceptors (Lipinski definition) is 5. The van der Waals surface area contributed by atoms with Crippen molar-refractivity contribution in [2.24, 2.45) is 5.10 Å². The first-order valence-corrected chi connectivity index (χ1v) is 6.79. The van der Waals surface area contributed by atoms with E-state index < -0.39 is 0 Å². The fourth-order valence-corrected chi connectivity index (χ4v) is 1.89. The maximum absolute atomic E-state index is 12.9. The summed E-state index contributed by atoms with van der Waals surface area (Å²) in [4.78, 5) is 0.